The van der Waals surface area contributed by atoms with Crippen LogP contribution < -0.4 is 0 Å². The van der Waals surface area contributed by atoms with E-state index < -0.39 is 0 Å². The predicted molar refractivity (Wildman–Crippen MR) is 64.2 cm³/mol. The van der Waals surface area contributed by atoms with Gasteiger partial charge in [-0.3, -0.25) is 0 Å². The molecule has 1 unspecified atom stereocenters. The first kappa shape index (κ1) is 11.8. The summed E-state index contributed by atoms with van der Waals surface area (Å²) in [5.41, 5.74) is 1.01. The lowest BCUT2D eigenvalue weighted by molar-refractivity contribution is -0.0301. The molecule has 0 saturated carbocycles. The molecule has 0 radical (unpaired) electrons. The molecule has 0 spiro atoms. The number of imidazole rings is 1. The number of hydrogen-bond donors (Lipinski definition) is 1. The molecule has 1 aromatic rings. The molecule has 1 aliphatic rings. The van der Waals surface area contributed by atoms with Crippen LogP contribution >= 0.6 is 12.2 Å². The lowest BCUT2D eigenvalue weighted by atomic mass is 10.0. The molecule has 1 aromatic heterocycles. The van der Waals surface area contributed by atoms with Crippen molar-refractivity contribution in [3.8, 4) is 0 Å². The SMILES string of the molecule is CCc1c[nH]c(=S)n1CC1(OC)CCOC1. The summed E-state index contributed by atoms with van der Waals surface area (Å²) in [5.74, 6) is 0. The molecule has 0 bridgehead atoms. The number of nitrogens with zero attached hydrogens (tertiary/aromatic N) is 1. The zero-order valence-electron chi connectivity index (χ0n) is 9.78. The van der Waals surface area contributed by atoms with Gasteiger partial charge in [-0.15, -0.1) is 0 Å². The zero-order chi connectivity index (χ0) is 11.6. The fraction of sp³-hybridized carbons (Fsp3) is 0.727. The Morgan fingerprint density at radius 3 is 3.06 bits per heavy atom. The lowest BCUT2D eigenvalue weighted by Gasteiger charge is -2.26. The van der Waals surface area contributed by atoms with E-state index >= 15 is 0 Å². The maximum atomic E-state index is 5.62. The first-order valence-corrected chi connectivity index (χ1v) is 6.01. The van der Waals surface area contributed by atoms with E-state index in [1.54, 1.807) is 7.11 Å². The molecule has 0 aromatic carbocycles. The number of rotatable bonds is 4. The minimum atomic E-state index is -0.204. The molecule has 2 rings (SSSR count). The van der Waals surface area contributed by atoms with Gasteiger partial charge in [-0.2, -0.15) is 0 Å². The molecule has 1 N–H and O–H groups in total. The average Bonchev–Trinajstić information content (AvgIpc) is 2.89. The van der Waals surface area contributed by atoms with Gasteiger partial charge in [-0.25, -0.2) is 0 Å². The summed E-state index contributed by atoms with van der Waals surface area (Å²) in [4.78, 5) is 3.08. The number of methoxy groups -OCH3 is 1. The standard InChI is InChI=1S/C11H18N2O2S/c1-3-9-6-12-10(16)13(9)7-11(14-2)4-5-15-8-11/h6H,3-5,7-8H2,1-2H3,(H,12,16). The first-order valence-electron chi connectivity index (χ1n) is 5.61. The molecule has 1 fully saturated rings. The van der Waals surface area contributed by atoms with Crippen molar-refractivity contribution in [1.29, 1.82) is 0 Å². The Labute approximate surface area is 101 Å². The lowest BCUT2D eigenvalue weighted by Crippen LogP contribution is -2.37. The molecule has 90 valence electrons. The highest BCUT2D eigenvalue weighted by Crippen LogP contribution is 2.25. The highest BCUT2D eigenvalue weighted by molar-refractivity contribution is 7.71. The predicted octanol–water partition coefficient (Wildman–Crippen LogP) is 1.91. The van der Waals surface area contributed by atoms with E-state index in [2.05, 4.69) is 16.5 Å². The van der Waals surface area contributed by atoms with Gasteiger partial charge >= 0.3 is 0 Å². The molecule has 1 saturated heterocycles. The number of nitrogens with one attached hydrogen (secondary N) is 1. The Balaban J connectivity index is 2.24. The Morgan fingerprint density at radius 1 is 1.69 bits per heavy atom. The van der Waals surface area contributed by atoms with Gasteiger partial charge in [0.15, 0.2) is 4.77 Å². The summed E-state index contributed by atoms with van der Waals surface area (Å²) in [6, 6.07) is 0. The highest BCUT2D eigenvalue weighted by atomic mass is 32.1. The maximum Gasteiger partial charge on any atom is 0.177 e. The van der Waals surface area contributed by atoms with Gasteiger partial charge in [0.05, 0.1) is 13.2 Å². The van der Waals surface area contributed by atoms with Crippen LogP contribution in [0.3, 0.4) is 0 Å². The third-order valence-corrected chi connectivity index (χ3v) is 3.60. The molecule has 0 aliphatic carbocycles. The van der Waals surface area contributed by atoms with Gasteiger partial charge in [0.1, 0.15) is 5.60 Å². The summed E-state index contributed by atoms with van der Waals surface area (Å²) in [6.45, 7) is 4.32. The van der Waals surface area contributed by atoms with Crippen molar-refractivity contribution in [2.75, 3.05) is 20.3 Å². The topological polar surface area (TPSA) is 39.2 Å². The van der Waals surface area contributed by atoms with Gasteiger partial charge in [-0.1, -0.05) is 6.92 Å². The Morgan fingerprint density at radius 2 is 2.50 bits per heavy atom. The van der Waals surface area contributed by atoms with Crippen molar-refractivity contribution in [2.24, 2.45) is 0 Å². The minimum Gasteiger partial charge on any atom is -0.378 e. The Bertz CT molecular complexity index is 404. The number of aromatic nitrogens is 2. The van der Waals surface area contributed by atoms with Gasteiger partial charge in [0.25, 0.3) is 0 Å². The summed E-state index contributed by atoms with van der Waals surface area (Å²) in [6.07, 6.45) is 3.87. The van der Waals surface area contributed by atoms with Crippen LogP contribution in [-0.4, -0.2) is 35.5 Å². The molecule has 0 amide bonds. The van der Waals surface area contributed by atoms with Crippen LogP contribution in [0.5, 0.6) is 0 Å². The molecular weight excluding hydrogens is 224 g/mol. The second-order valence-electron chi connectivity index (χ2n) is 4.21. The molecule has 1 aliphatic heterocycles. The van der Waals surface area contributed by atoms with E-state index in [1.165, 1.54) is 5.69 Å². The highest BCUT2D eigenvalue weighted by Gasteiger charge is 2.35. The molecule has 2 heterocycles. The van der Waals surface area contributed by atoms with E-state index in [1.807, 2.05) is 6.20 Å². The summed E-state index contributed by atoms with van der Waals surface area (Å²) < 4.78 is 13.9. The number of aromatic amines is 1. The van der Waals surface area contributed by atoms with Crippen molar-refractivity contribution < 1.29 is 9.47 Å². The molecule has 4 nitrogen and oxygen atoms in total. The minimum absolute atomic E-state index is 0.204. The fourth-order valence-electron chi connectivity index (χ4n) is 2.12. The van der Waals surface area contributed by atoms with Gasteiger partial charge in [0.2, 0.25) is 0 Å². The first-order chi connectivity index (χ1) is 7.71. The fourth-order valence-corrected chi connectivity index (χ4v) is 2.37. The van der Waals surface area contributed by atoms with E-state index in [9.17, 15) is 0 Å². The van der Waals surface area contributed by atoms with E-state index in [-0.39, 0.29) is 5.60 Å². The quantitative estimate of drug-likeness (QED) is 0.820. The van der Waals surface area contributed by atoms with Crippen molar-refractivity contribution in [3.63, 3.8) is 0 Å². The Kier molecular flexibility index (Phi) is 3.47. The summed E-state index contributed by atoms with van der Waals surface area (Å²) in [5, 5.41) is 0. The third-order valence-electron chi connectivity index (χ3n) is 3.26. The van der Waals surface area contributed by atoms with Crippen molar-refractivity contribution in [3.05, 3.63) is 16.7 Å². The van der Waals surface area contributed by atoms with E-state index in [0.29, 0.717) is 6.61 Å². The van der Waals surface area contributed by atoms with Crippen molar-refractivity contribution in [2.45, 2.75) is 31.9 Å². The monoisotopic (exact) mass is 242 g/mol. The normalized spacial score (nSPS) is 25.1. The van der Waals surface area contributed by atoms with Gasteiger partial charge in [-0.05, 0) is 18.6 Å². The average molecular weight is 242 g/mol. The second-order valence-corrected chi connectivity index (χ2v) is 4.60. The van der Waals surface area contributed by atoms with E-state index in [0.717, 1.165) is 30.8 Å². The molecule has 1 atom stereocenters. The van der Waals surface area contributed by atoms with Crippen LogP contribution in [0.2, 0.25) is 0 Å². The van der Waals surface area contributed by atoms with Crippen molar-refractivity contribution in [1.82, 2.24) is 9.55 Å². The number of hydrogen-bond acceptors (Lipinski definition) is 3. The Hall–Kier alpha value is -0.650. The number of H-pyrrole nitrogens is 1. The summed E-state index contributed by atoms with van der Waals surface area (Å²) >= 11 is 5.28. The largest absolute Gasteiger partial charge is 0.378 e. The third kappa shape index (κ3) is 2.07. The smallest absolute Gasteiger partial charge is 0.177 e. The zero-order valence-corrected chi connectivity index (χ0v) is 10.6. The van der Waals surface area contributed by atoms with Gasteiger partial charge in [0, 0.05) is 32.0 Å². The van der Waals surface area contributed by atoms with Crippen LogP contribution in [0.1, 0.15) is 19.0 Å². The van der Waals surface area contributed by atoms with E-state index in [4.69, 9.17) is 21.7 Å². The number of ether oxygens (including phenoxy) is 2. The van der Waals surface area contributed by atoms with Crippen LogP contribution in [-0.2, 0) is 22.4 Å². The number of aryl methyl sites for hydroxylation is 1. The van der Waals surface area contributed by atoms with Crippen molar-refractivity contribution >= 4 is 12.2 Å². The molecule has 16 heavy (non-hydrogen) atoms. The second kappa shape index (κ2) is 4.69. The molecular formula is C11H18N2O2S. The van der Waals surface area contributed by atoms with Crippen LogP contribution in [0.15, 0.2) is 6.20 Å². The summed E-state index contributed by atoms with van der Waals surface area (Å²) in [7, 11) is 1.75. The maximum absolute atomic E-state index is 5.62. The van der Waals surface area contributed by atoms with Crippen LogP contribution in [0.4, 0.5) is 0 Å². The van der Waals surface area contributed by atoms with Gasteiger partial charge < -0.3 is 19.0 Å². The molecule has 5 heteroatoms. The van der Waals surface area contributed by atoms with Crippen LogP contribution in [0, 0.1) is 4.77 Å². The van der Waals surface area contributed by atoms with Crippen LogP contribution in [0.25, 0.3) is 0 Å².